The number of rotatable bonds is 8. The number of aliphatic hydroxyl groups excluding tert-OH is 1. The number of para-hydroxylation sites is 1. The number of aliphatic hydroxyl groups is 1. The zero-order chi connectivity index (χ0) is 16.7. The molecule has 2 aromatic rings. The Morgan fingerprint density at radius 3 is 2.26 bits per heavy atom. The maximum atomic E-state index is 9.99. The summed E-state index contributed by atoms with van der Waals surface area (Å²) in [6.07, 6.45) is 0.457. The van der Waals surface area contributed by atoms with Gasteiger partial charge in [0.15, 0.2) is 0 Å². The average Bonchev–Trinajstić information content (AvgIpc) is 2.59. The molecule has 0 aromatic heterocycles. The molecule has 1 N–H and O–H groups in total. The second-order valence-corrected chi connectivity index (χ2v) is 5.92. The van der Waals surface area contributed by atoms with Crippen molar-refractivity contribution in [2.45, 2.75) is 39.2 Å². The highest BCUT2D eigenvalue weighted by Gasteiger charge is 2.08. The molecule has 2 atom stereocenters. The van der Waals surface area contributed by atoms with Crippen molar-refractivity contribution in [1.82, 2.24) is 0 Å². The summed E-state index contributed by atoms with van der Waals surface area (Å²) in [6.45, 7) is 6.81. The molecule has 0 fully saturated rings. The fourth-order valence-electron chi connectivity index (χ4n) is 2.27. The molecule has 2 rings (SSSR count). The van der Waals surface area contributed by atoms with Crippen LogP contribution in [0.15, 0.2) is 48.5 Å². The van der Waals surface area contributed by atoms with Gasteiger partial charge in [-0.2, -0.15) is 0 Å². The topological polar surface area (TPSA) is 38.7 Å². The Morgan fingerprint density at radius 2 is 1.61 bits per heavy atom. The highest BCUT2D eigenvalue weighted by Crippen LogP contribution is 2.21. The second kappa shape index (κ2) is 8.59. The normalized spacial score (nSPS) is 13.4. The summed E-state index contributed by atoms with van der Waals surface area (Å²) in [4.78, 5) is 0. The molecule has 0 aliphatic rings. The van der Waals surface area contributed by atoms with Gasteiger partial charge in [0.2, 0.25) is 0 Å². The fourth-order valence-corrected chi connectivity index (χ4v) is 2.27. The Morgan fingerprint density at radius 1 is 0.957 bits per heavy atom. The zero-order valence-corrected chi connectivity index (χ0v) is 14.2. The molecule has 124 valence electrons. The van der Waals surface area contributed by atoms with E-state index >= 15 is 0 Å². The van der Waals surface area contributed by atoms with Crippen LogP contribution in [0.4, 0.5) is 0 Å². The molecule has 0 bridgehead atoms. The van der Waals surface area contributed by atoms with E-state index in [0.717, 1.165) is 23.5 Å². The quantitative estimate of drug-likeness (QED) is 0.788. The third-order valence-corrected chi connectivity index (χ3v) is 4.03. The highest BCUT2D eigenvalue weighted by molar-refractivity contribution is 5.32. The van der Waals surface area contributed by atoms with Crippen LogP contribution in [-0.2, 0) is 0 Å². The van der Waals surface area contributed by atoms with Crippen LogP contribution in [0, 0.1) is 6.92 Å². The summed E-state index contributed by atoms with van der Waals surface area (Å²) >= 11 is 0. The minimum atomic E-state index is -0.663. The Kier molecular flexibility index (Phi) is 6.48. The zero-order valence-electron chi connectivity index (χ0n) is 14.2. The van der Waals surface area contributed by atoms with Crippen molar-refractivity contribution in [2.24, 2.45) is 0 Å². The van der Waals surface area contributed by atoms with Crippen LogP contribution in [-0.4, -0.2) is 24.4 Å². The van der Waals surface area contributed by atoms with Gasteiger partial charge in [-0.15, -0.1) is 0 Å². The predicted octanol–water partition coefficient (Wildman–Crippen LogP) is 4.33. The first kappa shape index (κ1) is 17.4. The van der Waals surface area contributed by atoms with Gasteiger partial charge in [-0.3, -0.25) is 0 Å². The van der Waals surface area contributed by atoms with Gasteiger partial charge in [-0.05, 0) is 48.6 Å². The second-order valence-electron chi connectivity index (χ2n) is 5.92. The van der Waals surface area contributed by atoms with Crippen molar-refractivity contribution < 1.29 is 14.6 Å². The van der Waals surface area contributed by atoms with Crippen LogP contribution in [0.1, 0.15) is 37.3 Å². The molecule has 0 aliphatic carbocycles. The first-order valence-electron chi connectivity index (χ1n) is 8.19. The average molecular weight is 314 g/mol. The van der Waals surface area contributed by atoms with Crippen LogP contribution in [0.2, 0.25) is 0 Å². The van der Waals surface area contributed by atoms with Crippen LogP contribution < -0.4 is 9.47 Å². The lowest BCUT2D eigenvalue weighted by molar-refractivity contribution is 0.0624. The lowest BCUT2D eigenvalue weighted by atomic mass is 9.99. The van der Waals surface area contributed by atoms with Gasteiger partial charge in [0, 0.05) is 0 Å². The third kappa shape index (κ3) is 5.29. The van der Waals surface area contributed by atoms with E-state index in [4.69, 9.17) is 9.47 Å². The molecule has 0 heterocycles. The van der Waals surface area contributed by atoms with Crippen LogP contribution in [0.3, 0.4) is 0 Å². The van der Waals surface area contributed by atoms with Crippen LogP contribution in [0.25, 0.3) is 0 Å². The Hall–Kier alpha value is -2.00. The van der Waals surface area contributed by atoms with E-state index in [1.165, 1.54) is 5.56 Å². The van der Waals surface area contributed by atoms with E-state index in [-0.39, 0.29) is 13.2 Å². The summed E-state index contributed by atoms with van der Waals surface area (Å²) in [6, 6.07) is 15.8. The molecule has 2 unspecified atom stereocenters. The summed E-state index contributed by atoms with van der Waals surface area (Å²) in [5.74, 6) is 2.12. The van der Waals surface area contributed by atoms with Crippen molar-refractivity contribution in [3.8, 4) is 11.5 Å². The van der Waals surface area contributed by atoms with Gasteiger partial charge in [0.05, 0.1) is 0 Å². The van der Waals surface area contributed by atoms with Gasteiger partial charge < -0.3 is 14.6 Å². The monoisotopic (exact) mass is 314 g/mol. The maximum Gasteiger partial charge on any atom is 0.122 e. The van der Waals surface area contributed by atoms with Gasteiger partial charge in [0.25, 0.3) is 0 Å². The van der Waals surface area contributed by atoms with Crippen molar-refractivity contribution in [3.63, 3.8) is 0 Å². The maximum absolute atomic E-state index is 9.99. The molecule has 0 spiro atoms. The van der Waals surface area contributed by atoms with Crippen LogP contribution in [0.5, 0.6) is 11.5 Å². The lowest BCUT2D eigenvalue weighted by Crippen LogP contribution is -2.25. The van der Waals surface area contributed by atoms with Crippen molar-refractivity contribution in [1.29, 1.82) is 0 Å². The van der Waals surface area contributed by atoms with Gasteiger partial charge >= 0.3 is 0 Å². The van der Waals surface area contributed by atoms with Crippen molar-refractivity contribution in [3.05, 3.63) is 59.7 Å². The summed E-state index contributed by atoms with van der Waals surface area (Å²) in [5, 5.41) is 9.99. The number of benzene rings is 2. The number of hydrogen-bond acceptors (Lipinski definition) is 3. The number of hydrogen-bond donors (Lipinski definition) is 1. The molecule has 23 heavy (non-hydrogen) atoms. The summed E-state index contributed by atoms with van der Waals surface area (Å²) in [7, 11) is 0. The first-order chi connectivity index (χ1) is 11.1. The largest absolute Gasteiger partial charge is 0.491 e. The summed E-state index contributed by atoms with van der Waals surface area (Å²) in [5.41, 5.74) is 2.37. The number of ether oxygens (including phenoxy) is 2. The van der Waals surface area contributed by atoms with Crippen LogP contribution >= 0.6 is 0 Å². The highest BCUT2D eigenvalue weighted by atomic mass is 16.5. The van der Waals surface area contributed by atoms with E-state index in [9.17, 15) is 5.11 Å². The number of aryl methyl sites for hydroxylation is 1. The Labute approximate surface area is 138 Å². The molecular formula is C20H26O3. The van der Waals surface area contributed by atoms with E-state index in [1.54, 1.807) is 0 Å². The standard InChI is InChI=1S/C20H26O3/c1-4-15(2)17-9-11-19(12-10-17)22-13-18(21)14-23-20-8-6-5-7-16(20)3/h5-12,15,18,21H,4,13-14H2,1-3H3. The molecule has 0 amide bonds. The smallest absolute Gasteiger partial charge is 0.122 e. The molecule has 3 nitrogen and oxygen atoms in total. The molecular weight excluding hydrogens is 288 g/mol. The van der Waals surface area contributed by atoms with Gasteiger partial charge in [0.1, 0.15) is 30.8 Å². The first-order valence-corrected chi connectivity index (χ1v) is 8.19. The SMILES string of the molecule is CCC(C)c1ccc(OCC(O)COc2ccccc2C)cc1. The van der Waals surface area contributed by atoms with E-state index in [2.05, 4.69) is 26.0 Å². The van der Waals surface area contributed by atoms with E-state index in [1.807, 2.05) is 43.3 Å². The Bertz CT molecular complexity index is 592. The van der Waals surface area contributed by atoms with E-state index in [0.29, 0.717) is 5.92 Å². The van der Waals surface area contributed by atoms with Gasteiger partial charge in [-0.25, -0.2) is 0 Å². The molecule has 0 saturated heterocycles. The molecule has 0 aliphatic heterocycles. The minimum absolute atomic E-state index is 0.217. The van der Waals surface area contributed by atoms with Gasteiger partial charge in [-0.1, -0.05) is 44.2 Å². The molecule has 0 radical (unpaired) electrons. The lowest BCUT2D eigenvalue weighted by Gasteiger charge is -2.15. The summed E-state index contributed by atoms with van der Waals surface area (Å²) < 4.78 is 11.2. The molecule has 0 saturated carbocycles. The molecule has 2 aromatic carbocycles. The predicted molar refractivity (Wildman–Crippen MR) is 93.3 cm³/mol. The Balaban J connectivity index is 1.78. The molecule has 3 heteroatoms. The van der Waals surface area contributed by atoms with E-state index < -0.39 is 6.10 Å². The minimum Gasteiger partial charge on any atom is -0.491 e. The van der Waals surface area contributed by atoms with Crippen molar-refractivity contribution in [2.75, 3.05) is 13.2 Å². The fraction of sp³-hybridized carbons (Fsp3) is 0.400. The van der Waals surface area contributed by atoms with Crippen molar-refractivity contribution >= 4 is 0 Å². The third-order valence-electron chi connectivity index (χ3n) is 4.03.